The fourth-order valence-corrected chi connectivity index (χ4v) is 2.54. The SMILES string of the molecule is CSc1nc2c(Cc3cccc(O)c3)c[nH]c2c(=O)[nH]1. The normalized spacial score (nSPS) is 11.1. The first-order chi connectivity index (χ1) is 9.67. The summed E-state index contributed by atoms with van der Waals surface area (Å²) in [5.74, 6) is 0.234. The van der Waals surface area contributed by atoms with Gasteiger partial charge in [0.25, 0.3) is 5.56 Å². The van der Waals surface area contributed by atoms with E-state index < -0.39 is 0 Å². The Morgan fingerprint density at radius 2 is 2.25 bits per heavy atom. The molecular formula is C14H13N3O2S. The largest absolute Gasteiger partial charge is 0.508 e. The molecule has 0 unspecified atom stereocenters. The number of aromatic hydroxyl groups is 1. The molecule has 0 spiro atoms. The lowest BCUT2D eigenvalue weighted by Gasteiger charge is -2.01. The number of hydrogen-bond acceptors (Lipinski definition) is 4. The molecule has 2 aromatic heterocycles. The van der Waals surface area contributed by atoms with Crippen LogP contribution in [-0.4, -0.2) is 26.3 Å². The molecule has 3 rings (SSSR count). The van der Waals surface area contributed by atoms with Crippen molar-refractivity contribution in [1.82, 2.24) is 15.0 Å². The highest BCUT2D eigenvalue weighted by molar-refractivity contribution is 7.98. The van der Waals surface area contributed by atoms with E-state index in [-0.39, 0.29) is 11.3 Å². The second-order valence-corrected chi connectivity index (χ2v) is 5.25. The maximum absolute atomic E-state index is 11.9. The molecule has 0 saturated heterocycles. The van der Waals surface area contributed by atoms with Crippen molar-refractivity contribution < 1.29 is 5.11 Å². The molecule has 0 atom stereocenters. The molecule has 3 aromatic rings. The first-order valence-corrected chi connectivity index (χ1v) is 7.32. The number of fused-ring (bicyclic) bond motifs is 1. The quantitative estimate of drug-likeness (QED) is 0.510. The van der Waals surface area contributed by atoms with Gasteiger partial charge in [-0.3, -0.25) is 9.78 Å². The molecule has 102 valence electrons. The Hall–Kier alpha value is -2.21. The van der Waals surface area contributed by atoms with Crippen molar-refractivity contribution in [2.75, 3.05) is 6.26 Å². The minimum atomic E-state index is -0.165. The summed E-state index contributed by atoms with van der Waals surface area (Å²) in [7, 11) is 0. The molecule has 0 fully saturated rings. The van der Waals surface area contributed by atoms with Crippen LogP contribution in [0.4, 0.5) is 0 Å². The van der Waals surface area contributed by atoms with Gasteiger partial charge in [0, 0.05) is 18.2 Å². The summed E-state index contributed by atoms with van der Waals surface area (Å²) in [6, 6.07) is 7.07. The highest BCUT2D eigenvalue weighted by Gasteiger charge is 2.11. The number of phenols is 1. The lowest BCUT2D eigenvalue weighted by molar-refractivity contribution is 0.474. The molecule has 5 nitrogen and oxygen atoms in total. The maximum Gasteiger partial charge on any atom is 0.275 e. The van der Waals surface area contributed by atoms with E-state index in [1.165, 1.54) is 11.8 Å². The highest BCUT2D eigenvalue weighted by atomic mass is 32.2. The topological polar surface area (TPSA) is 81.8 Å². The lowest BCUT2D eigenvalue weighted by atomic mass is 10.1. The molecule has 3 N–H and O–H groups in total. The van der Waals surface area contributed by atoms with Crippen LogP contribution in [0.5, 0.6) is 5.75 Å². The van der Waals surface area contributed by atoms with Gasteiger partial charge >= 0.3 is 0 Å². The van der Waals surface area contributed by atoms with Gasteiger partial charge in [0.05, 0.1) is 0 Å². The Bertz CT molecular complexity index is 823. The Morgan fingerprint density at radius 1 is 1.40 bits per heavy atom. The Morgan fingerprint density at radius 3 is 3.00 bits per heavy atom. The molecule has 0 aliphatic heterocycles. The van der Waals surface area contributed by atoms with Crippen LogP contribution in [0, 0.1) is 0 Å². The minimum Gasteiger partial charge on any atom is -0.508 e. The molecule has 0 bridgehead atoms. The van der Waals surface area contributed by atoms with Crippen LogP contribution < -0.4 is 5.56 Å². The van der Waals surface area contributed by atoms with E-state index in [1.807, 2.05) is 12.3 Å². The van der Waals surface area contributed by atoms with E-state index in [2.05, 4.69) is 15.0 Å². The second kappa shape index (κ2) is 5.05. The summed E-state index contributed by atoms with van der Waals surface area (Å²) in [5.41, 5.74) is 2.91. The van der Waals surface area contributed by atoms with E-state index in [1.54, 1.807) is 24.4 Å². The highest BCUT2D eigenvalue weighted by Crippen LogP contribution is 2.20. The molecule has 0 amide bonds. The predicted molar refractivity (Wildman–Crippen MR) is 79.4 cm³/mol. The Kier molecular flexibility index (Phi) is 3.23. The monoisotopic (exact) mass is 287 g/mol. The van der Waals surface area contributed by atoms with Crippen LogP contribution in [0.2, 0.25) is 0 Å². The van der Waals surface area contributed by atoms with Gasteiger partial charge in [-0.05, 0) is 24.0 Å². The van der Waals surface area contributed by atoms with E-state index >= 15 is 0 Å². The number of rotatable bonds is 3. The third-order valence-electron chi connectivity index (χ3n) is 3.09. The van der Waals surface area contributed by atoms with Gasteiger partial charge < -0.3 is 10.1 Å². The van der Waals surface area contributed by atoms with E-state index in [4.69, 9.17) is 0 Å². The molecule has 0 radical (unpaired) electrons. The second-order valence-electron chi connectivity index (χ2n) is 4.46. The number of hydrogen-bond donors (Lipinski definition) is 3. The number of aromatic amines is 2. The molecule has 0 aliphatic carbocycles. The van der Waals surface area contributed by atoms with Gasteiger partial charge in [-0.2, -0.15) is 0 Å². The van der Waals surface area contributed by atoms with Crippen LogP contribution in [0.15, 0.2) is 40.4 Å². The van der Waals surface area contributed by atoms with Gasteiger partial charge in [0.15, 0.2) is 5.16 Å². The van der Waals surface area contributed by atoms with E-state index in [0.717, 1.165) is 11.1 Å². The van der Waals surface area contributed by atoms with Crippen LogP contribution in [0.25, 0.3) is 11.0 Å². The van der Waals surface area contributed by atoms with Gasteiger partial charge in [0.1, 0.15) is 16.8 Å². The zero-order chi connectivity index (χ0) is 14.1. The van der Waals surface area contributed by atoms with Crippen molar-refractivity contribution in [2.45, 2.75) is 11.6 Å². The molecular weight excluding hydrogens is 274 g/mol. The van der Waals surface area contributed by atoms with Crippen molar-refractivity contribution >= 4 is 22.8 Å². The van der Waals surface area contributed by atoms with Crippen molar-refractivity contribution in [3.8, 4) is 5.75 Å². The van der Waals surface area contributed by atoms with Gasteiger partial charge in [-0.25, -0.2) is 4.98 Å². The van der Waals surface area contributed by atoms with Crippen molar-refractivity contribution in [3.63, 3.8) is 0 Å². The molecule has 6 heteroatoms. The van der Waals surface area contributed by atoms with Gasteiger partial charge in [-0.1, -0.05) is 23.9 Å². The third kappa shape index (κ3) is 2.30. The zero-order valence-corrected chi connectivity index (χ0v) is 11.6. The van der Waals surface area contributed by atoms with Crippen molar-refractivity contribution in [3.05, 3.63) is 51.9 Å². The zero-order valence-electron chi connectivity index (χ0n) is 10.8. The Labute approximate surface area is 119 Å². The average Bonchev–Trinajstić information content (AvgIpc) is 2.82. The third-order valence-corrected chi connectivity index (χ3v) is 3.67. The van der Waals surface area contributed by atoms with Crippen LogP contribution >= 0.6 is 11.8 Å². The molecule has 0 aliphatic rings. The maximum atomic E-state index is 11.9. The summed E-state index contributed by atoms with van der Waals surface area (Å²) in [4.78, 5) is 22.0. The summed E-state index contributed by atoms with van der Waals surface area (Å²) in [5, 5.41) is 10.1. The fourth-order valence-electron chi connectivity index (χ4n) is 2.16. The first kappa shape index (κ1) is 12.8. The first-order valence-electron chi connectivity index (χ1n) is 6.09. The number of aromatic nitrogens is 3. The predicted octanol–water partition coefficient (Wildman–Crippen LogP) is 2.27. The average molecular weight is 287 g/mol. The van der Waals surface area contributed by atoms with Gasteiger partial charge in [0.2, 0.25) is 0 Å². The van der Waals surface area contributed by atoms with E-state index in [9.17, 15) is 9.90 Å². The van der Waals surface area contributed by atoms with Crippen LogP contribution in [0.1, 0.15) is 11.1 Å². The van der Waals surface area contributed by atoms with Crippen LogP contribution in [-0.2, 0) is 6.42 Å². The number of nitrogens with one attached hydrogen (secondary N) is 2. The van der Waals surface area contributed by atoms with Crippen LogP contribution in [0.3, 0.4) is 0 Å². The molecule has 0 saturated carbocycles. The molecule has 2 heterocycles. The molecule has 1 aromatic carbocycles. The summed E-state index contributed by atoms with van der Waals surface area (Å²) < 4.78 is 0. The standard InChI is InChI=1S/C14H13N3O2S/c1-20-14-16-11-9(7-15-12(11)13(19)17-14)5-8-3-2-4-10(18)6-8/h2-4,6-7,15,18H,5H2,1H3,(H,16,17,19). The minimum absolute atomic E-state index is 0.165. The van der Waals surface area contributed by atoms with Crippen molar-refractivity contribution in [2.24, 2.45) is 0 Å². The number of thioether (sulfide) groups is 1. The molecule has 20 heavy (non-hydrogen) atoms. The number of nitrogens with zero attached hydrogens (tertiary/aromatic N) is 1. The summed E-state index contributed by atoms with van der Waals surface area (Å²) >= 11 is 1.40. The number of phenolic OH excluding ortho intramolecular Hbond substituents is 1. The number of H-pyrrole nitrogens is 2. The summed E-state index contributed by atoms with van der Waals surface area (Å²) in [6.07, 6.45) is 4.27. The van der Waals surface area contributed by atoms with Crippen molar-refractivity contribution in [1.29, 1.82) is 0 Å². The van der Waals surface area contributed by atoms with E-state index in [0.29, 0.717) is 22.6 Å². The fraction of sp³-hybridized carbons (Fsp3) is 0.143. The summed E-state index contributed by atoms with van der Waals surface area (Å²) in [6.45, 7) is 0. The van der Waals surface area contributed by atoms with Gasteiger partial charge in [-0.15, -0.1) is 0 Å². The smallest absolute Gasteiger partial charge is 0.275 e. The number of benzene rings is 1. The lowest BCUT2D eigenvalue weighted by Crippen LogP contribution is -2.08. The Balaban J connectivity index is 2.08.